The lowest BCUT2D eigenvalue weighted by Crippen LogP contribution is -2.29. The Hall–Kier alpha value is -3.94. The highest BCUT2D eigenvalue weighted by Gasteiger charge is 2.16. The number of hydrogen-bond acceptors (Lipinski definition) is 4. The van der Waals surface area contributed by atoms with E-state index in [1.807, 2.05) is 0 Å². The van der Waals surface area contributed by atoms with Crippen molar-refractivity contribution in [1.29, 1.82) is 0 Å². The second kappa shape index (κ2) is 9.25. The number of carbonyl (C=O) groups excluding carboxylic acids is 2. The van der Waals surface area contributed by atoms with Gasteiger partial charge in [0.05, 0.1) is 18.4 Å². The number of amides is 2. The Labute approximate surface area is 178 Å². The van der Waals surface area contributed by atoms with E-state index < -0.39 is 17.6 Å². The number of H-pyrrole nitrogens is 1. The molecule has 160 valence electrons. The fourth-order valence-corrected chi connectivity index (χ4v) is 3.12. The molecule has 0 aliphatic rings. The number of ether oxygens (including phenoxy) is 1. The number of aromatic amines is 1. The summed E-state index contributed by atoms with van der Waals surface area (Å²) in [7, 11) is 1.51. The number of hydrogen-bond donors (Lipinski definition) is 3. The van der Waals surface area contributed by atoms with Crippen molar-refractivity contribution in [3.63, 3.8) is 0 Å². The summed E-state index contributed by atoms with van der Waals surface area (Å²) in [5.41, 5.74) is 2.01. The van der Waals surface area contributed by atoms with E-state index in [0.717, 1.165) is 23.4 Å². The highest BCUT2D eigenvalue weighted by molar-refractivity contribution is 6.09. The topological polar surface area (TPSA) is 100 Å². The third kappa shape index (κ3) is 5.16. The maximum atomic E-state index is 13.8. The zero-order chi connectivity index (χ0) is 22.5. The summed E-state index contributed by atoms with van der Waals surface area (Å²) >= 11 is 0. The molecule has 31 heavy (non-hydrogen) atoms. The number of pyridine rings is 1. The van der Waals surface area contributed by atoms with E-state index in [-0.39, 0.29) is 23.4 Å². The van der Waals surface area contributed by atoms with Crippen molar-refractivity contribution >= 4 is 17.5 Å². The number of methoxy groups -OCH3 is 1. The molecule has 0 aliphatic carbocycles. The Morgan fingerprint density at radius 1 is 1.03 bits per heavy atom. The molecule has 0 fully saturated rings. The minimum atomic E-state index is -0.604. The van der Waals surface area contributed by atoms with Gasteiger partial charge in [0.1, 0.15) is 11.6 Å². The fourth-order valence-electron chi connectivity index (χ4n) is 3.12. The van der Waals surface area contributed by atoms with Gasteiger partial charge in [-0.2, -0.15) is 0 Å². The fraction of sp³-hybridized carbons (Fsp3) is 0.174. The average Bonchev–Trinajstić information content (AvgIpc) is 2.73. The molecule has 0 atom stereocenters. The molecule has 0 saturated carbocycles. The zero-order valence-electron chi connectivity index (χ0n) is 17.3. The van der Waals surface area contributed by atoms with Crippen LogP contribution in [0.5, 0.6) is 5.75 Å². The number of nitrogens with one attached hydrogen (secondary N) is 3. The summed E-state index contributed by atoms with van der Waals surface area (Å²) in [5.74, 6) is -1.08. The lowest BCUT2D eigenvalue weighted by Gasteiger charge is -2.13. The molecule has 2 aromatic carbocycles. The van der Waals surface area contributed by atoms with Crippen LogP contribution in [0.15, 0.2) is 53.3 Å². The molecule has 0 aliphatic heterocycles. The van der Waals surface area contributed by atoms with Gasteiger partial charge in [-0.25, -0.2) is 4.39 Å². The molecule has 7 nitrogen and oxygen atoms in total. The summed E-state index contributed by atoms with van der Waals surface area (Å²) in [6.45, 7) is 3.54. The third-order valence-corrected chi connectivity index (χ3v) is 4.75. The van der Waals surface area contributed by atoms with Crippen molar-refractivity contribution in [2.24, 2.45) is 0 Å². The van der Waals surface area contributed by atoms with Gasteiger partial charge in [0, 0.05) is 23.4 Å². The number of halogens is 1. The first-order valence-corrected chi connectivity index (χ1v) is 9.51. The number of rotatable bonds is 6. The second-order valence-corrected chi connectivity index (χ2v) is 7.00. The van der Waals surface area contributed by atoms with Crippen LogP contribution in [0.2, 0.25) is 0 Å². The van der Waals surface area contributed by atoms with Gasteiger partial charge < -0.3 is 20.4 Å². The summed E-state index contributed by atoms with van der Waals surface area (Å²) in [4.78, 5) is 40.1. The molecule has 3 N–H and O–H groups in total. The molecule has 0 radical (unpaired) electrons. The van der Waals surface area contributed by atoms with Gasteiger partial charge >= 0.3 is 0 Å². The minimum absolute atomic E-state index is 0.0104. The van der Waals surface area contributed by atoms with E-state index in [2.05, 4.69) is 15.6 Å². The van der Waals surface area contributed by atoms with Crippen LogP contribution in [0, 0.1) is 19.7 Å². The minimum Gasteiger partial charge on any atom is -0.497 e. The molecule has 0 bridgehead atoms. The molecule has 3 rings (SSSR count). The predicted molar refractivity (Wildman–Crippen MR) is 115 cm³/mol. The maximum absolute atomic E-state index is 13.8. The Morgan fingerprint density at radius 3 is 2.39 bits per heavy atom. The monoisotopic (exact) mass is 423 g/mol. The lowest BCUT2D eigenvalue weighted by molar-refractivity contribution is 0.0951. The van der Waals surface area contributed by atoms with Gasteiger partial charge in [0.25, 0.3) is 17.4 Å². The SMILES string of the molecule is COc1ccc(C(=O)Nc2cc(F)ccc2C(=O)NCc2c(C)cc(C)[nH]c2=O)cc1. The Bertz CT molecular complexity index is 1190. The summed E-state index contributed by atoms with van der Waals surface area (Å²) < 4.78 is 18.9. The van der Waals surface area contributed by atoms with Crippen LogP contribution >= 0.6 is 0 Å². The van der Waals surface area contributed by atoms with Gasteiger partial charge in [0.15, 0.2) is 0 Å². The van der Waals surface area contributed by atoms with E-state index in [1.165, 1.54) is 13.2 Å². The summed E-state index contributed by atoms with van der Waals surface area (Å²) in [5, 5.41) is 5.22. The van der Waals surface area contributed by atoms with Crippen molar-refractivity contribution < 1.29 is 18.7 Å². The summed E-state index contributed by atoms with van der Waals surface area (Å²) in [6, 6.07) is 11.6. The molecular weight excluding hydrogens is 401 g/mol. The highest BCUT2D eigenvalue weighted by atomic mass is 19.1. The van der Waals surface area contributed by atoms with Crippen molar-refractivity contribution in [3.05, 3.63) is 92.6 Å². The molecule has 0 unspecified atom stereocenters. The Morgan fingerprint density at radius 2 is 1.74 bits per heavy atom. The van der Waals surface area contributed by atoms with Gasteiger partial charge in [-0.15, -0.1) is 0 Å². The van der Waals surface area contributed by atoms with Gasteiger partial charge in [0.2, 0.25) is 0 Å². The Balaban J connectivity index is 1.79. The van der Waals surface area contributed by atoms with Crippen molar-refractivity contribution in [1.82, 2.24) is 10.3 Å². The van der Waals surface area contributed by atoms with E-state index >= 15 is 0 Å². The third-order valence-electron chi connectivity index (χ3n) is 4.75. The quantitative estimate of drug-likeness (QED) is 0.566. The van der Waals surface area contributed by atoms with Crippen LogP contribution < -0.4 is 20.9 Å². The number of benzene rings is 2. The van der Waals surface area contributed by atoms with Crippen LogP contribution in [-0.2, 0) is 6.54 Å². The van der Waals surface area contributed by atoms with E-state index in [1.54, 1.807) is 44.2 Å². The van der Waals surface area contributed by atoms with Crippen LogP contribution in [-0.4, -0.2) is 23.9 Å². The average molecular weight is 423 g/mol. The number of aryl methyl sites for hydroxylation is 2. The number of aromatic nitrogens is 1. The molecule has 0 spiro atoms. The van der Waals surface area contributed by atoms with Crippen molar-refractivity contribution in [2.75, 3.05) is 12.4 Å². The molecule has 1 aromatic heterocycles. The normalized spacial score (nSPS) is 10.5. The predicted octanol–water partition coefficient (Wildman–Crippen LogP) is 3.32. The lowest BCUT2D eigenvalue weighted by atomic mass is 10.1. The van der Waals surface area contributed by atoms with Crippen LogP contribution in [0.3, 0.4) is 0 Å². The molecule has 0 saturated heterocycles. The van der Waals surface area contributed by atoms with E-state index in [0.29, 0.717) is 16.9 Å². The van der Waals surface area contributed by atoms with E-state index in [9.17, 15) is 18.8 Å². The molecular formula is C23H22FN3O4. The van der Waals surface area contributed by atoms with Gasteiger partial charge in [-0.3, -0.25) is 14.4 Å². The first kappa shape index (κ1) is 21.8. The number of anilines is 1. The molecule has 1 heterocycles. The molecule has 8 heteroatoms. The first-order valence-electron chi connectivity index (χ1n) is 9.51. The van der Waals surface area contributed by atoms with Crippen molar-refractivity contribution in [2.45, 2.75) is 20.4 Å². The molecule has 2 amide bonds. The zero-order valence-corrected chi connectivity index (χ0v) is 17.3. The number of carbonyl (C=O) groups is 2. The largest absolute Gasteiger partial charge is 0.497 e. The Kier molecular flexibility index (Phi) is 6.49. The standard InChI is InChI=1S/C23H22FN3O4/c1-13-10-14(2)26-23(30)19(13)12-25-22(29)18-9-6-16(24)11-20(18)27-21(28)15-4-7-17(31-3)8-5-15/h4-11H,12H2,1-3H3,(H,25,29)(H,26,30)(H,27,28). The van der Waals surface area contributed by atoms with Gasteiger partial charge in [-0.1, -0.05) is 0 Å². The van der Waals surface area contributed by atoms with Crippen LogP contribution in [0.4, 0.5) is 10.1 Å². The van der Waals surface area contributed by atoms with Crippen LogP contribution in [0.25, 0.3) is 0 Å². The smallest absolute Gasteiger partial charge is 0.255 e. The maximum Gasteiger partial charge on any atom is 0.255 e. The highest BCUT2D eigenvalue weighted by Crippen LogP contribution is 2.20. The molecule has 3 aromatic rings. The first-order chi connectivity index (χ1) is 14.8. The van der Waals surface area contributed by atoms with Gasteiger partial charge in [-0.05, 0) is 67.9 Å². The van der Waals surface area contributed by atoms with E-state index in [4.69, 9.17) is 4.74 Å². The van der Waals surface area contributed by atoms with Crippen molar-refractivity contribution in [3.8, 4) is 5.75 Å². The van der Waals surface area contributed by atoms with Crippen LogP contribution in [0.1, 0.15) is 37.5 Å². The second-order valence-electron chi connectivity index (χ2n) is 7.00. The summed E-state index contributed by atoms with van der Waals surface area (Å²) in [6.07, 6.45) is 0.